The fourth-order valence-electron chi connectivity index (χ4n) is 3.51. The van der Waals surface area contributed by atoms with Crippen molar-refractivity contribution in [1.29, 1.82) is 0 Å². The molecule has 3 rings (SSSR count). The summed E-state index contributed by atoms with van der Waals surface area (Å²) in [5.41, 5.74) is 2.74. The lowest BCUT2D eigenvalue weighted by molar-refractivity contribution is -0.431. The van der Waals surface area contributed by atoms with Gasteiger partial charge >= 0.3 is 5.97 Å². The third-order valence-corrected chi connectivity index (χ3v) is 5.99. The monoisotopic (exact) mass is 384 g/mol. The van der Waals surface area contributed by atoms with E-state index in [-0.39, 0.29) is 11.3 Å². The van der Waals surface area contributed by atoms with Crippen LogP contribution in [-0.4, -0.2) is 27.9 Å². The van der Waals surface area contributed by atoms with Gasteiger partial charge in [0.1, 0.15) is 5.92 Å². The molecule has 0 saturated heterocycles. The Hall–Kier alpha value is -2.93. The highest BCUT2D eigenvalue weighted by atomic mass is 32.1. The van der Waals surface area contributed by atoms with E-state index in [2.05, 4.69) is 0 Å². The molecule has 7 heteroatoms. The van der Waals surface area contributed by atoms with Gasteiger partial charge in [0.2, 0.25) is 0 Å². The zero-order chi connectivity index (χ0) is 19.7. The topological polar surface area (TPSA) is 83.7 Å². The number of carboxylic acids is 1. The van der Waals surface area contributed by atoms with Crippen molar-refractivity contribution in [3.8, 4) is 0 Å². The summed E-state index contributed by atoms with van der Waals surface area (Å²) in [7, 11) is 1.66. The van der Waals surface area contributed by atoms with Crippen LogP contribution in [0.3, 0.4) is 0 Å². The average molecular weight is 384 g/mol. The van der Waals surface area contributed by atoms with E-state index in [1.807, 2.05) is 41.8 Å². The molecule has 1 aromatic heterocycles. The van der Waals surface area contributed by atoms with Gasteiger partial charge in [-0.3, -0.25) is 10.1 Å². The molecule has 1 aliphatic heterocycles. The Morgan fingerprint density at radius 2 is 1.89 bits per heavy atom. The number of rotatable bonds is 5. The van der Waals surface area contributed by atoms with Crippen molar-refractivity contribution in [2.45, 2.75) is 26.2 Å². The summed E-state index contributed by atoms with van der Waals surface area (Å²) in [6.45, 7) is 3.36. The molecule has 2 heterocycles. The fraction of sp³-hybridized carbons (Fsp3) is 0.250. The van der Waals surface area contributed by atoms with Crippen LogP contribution in [-0.2, 0) is 11.2 Å². The smallest absolute Gasteiger partial charge is 0.334 e. The van der Waals surface area contributed by atoms with Crippen LogP contribution in [0.15, 0.2) is 64.4 Å². The average Bonchev–Trinajstić information content (AvgIpc) is 3.07. The number of aliphatic carboxylic acids is 1. The third-order valence-electron chi connectivity index (χ3n) is 5.05. The Morgan fingerprint density at radius 1 is 1.22 bits per heavy atom. The standard InChI is InChI=1S/C20H20N2O4S/c1-12-17(20(23)24)18(19(22(25)26)13(2)21(12)3)15-9-10-27-16(15)11-14-7-5-4-6-8-14/h4-10,18H,11H2,1-3H3,(H,23,24). The van der Waals surface area contributed by atoms with Crippen molar-refractivity contribution in [3.05, 3.63) is 90.6 Å². The van der Waals surface area contributed by atoms with Gasteiger partial charge in [0.15, 0.2) is 0 Å². The second kappa shape index (κ2) is 7.36. The van der Waals surface area contributed by atoms with Gasteiger partial charge in [0.25, 0.3) is 5.70 Å². The van der Waals surface area contributed by atoms with Gasteiger partial charge in [0, 0.05) is 24.0 Å². The molecule has 0 fully saturated rings. The summed E-state index contributed by atoms with van der Waals surface area (Å²) in [6.07, 6.45) is 0.607. The van der Waals surface area contributed by atoms with E-state index in [0.29, 0.717) is 23.4 Å². The van der Waals surface area contributed by atoms with Gasteiger partial charge in [0.05, 0.1) is 16.2 Å². The molecule has 27 heavy (non-hydrogen) atoms. The molecular formula is C20H20N2O4S. The molecule has 0 radical (unpaired) electrons. The van der Waals surface area contributed by atoms with Gasteiger partial charge in [-0.1, -0.05) is 30.3 Å². The number of carboxylic acid groups (broad SMARTS) is 1. The molecule has 0 spiro atoms. The van der Waals surface area contributed by atoms with Gasteiger partial charge in [-0.2, -0.15) is 0 Å². The Morgan fingerprint density at radius 3 is 2.48 bits per heavy atom. The van der Waals surface area contributed by atoms with Crippen molar-refractivity contribution < 1.29 is 14.8 Å². The number of hydrogen-bond donors (Lipinski definition) is 1. The number of carbonyl (C=O) groups is 1. The molecule has 2 aromatic rings. The molecule has 1 aliphatic rings. The molecule has 1 atom stereocenters. The Labute approximate surface area is 161 Å². The summed E-state index contributed by atoms with van der Waals surface area (Å²) >= 11 is 1.49. The molecule has 1 aromatic carbocycles. The lowest BCUT2D eigenvalue weighted by atomic mass is 9.83. The molecule has 0 bridgehead atoms. The van der Waals surface area contributed by atoms with Gasteiger partial charge < -0.3 is 10.0 Å². The third kappa shape index (κ3) is 3.38. The molecule has 1 N–H and O–H groups in total. The van der Waals surface area contributed by atoms with Crippen molar-refractivity contribution in [2.75, 3.05) is 7.05 Å². The normalized spacial score (nSPS) is 17.4. The van der Waals surface area contributed by atoms with E-state index in [1.165, 1.54) is 11.3 Å². The Bertz CT molecular complexity index is 921. The van der Waals surface area contributed by atoms with Crippen molar-refractivity contribution >= 4 is 17.3 Å². The molecule has 0 aliphatic carbocycles. The number of nitrogens with zero attached hydrogens (tertiary/aromatic N) is 2. The molecule has 140 valence electrons. The number of nitro groups is 1. The summed E-state index contributed by atoms with van der Waals surface area (Å²) < 4.78 is 0. The van der Waals surface area contributed by atoms with Crippen molar-refractivity contribution in [3.63, 3.8) is 0 Å². The fourth-order valence-corrected chi connectivity index (χ4v) is 4.46. The van der Waals surface area contributed by atoms with E-state index >= 15 is 0 Å². The SMILES string of the molecule is CC1=C(C(=O)O)C(c2ccsc2Cc2ccccc2)C([N+](=O)[O-])=C(C)N1C. The van der Waals surface area contributed by atoms with E-state index in [4.69, 9.17) is 0 Å². The van der Waals surface area contributed by atoms with Crippen molar-refractivity contribution in [2.24, 2.45) is 0 Å². The minimum absolute atomic E-state index is 0.0579. The van der Waals surface area contributed by atoms with Crippen molar-refractivity contribution in [1.82, 2.24) is 4.90 Å². The van der Waals surface area contributed by atoms with Crippen LogP contribution in [0.25, 0.3) is 0 Å². The highest BCUT2D eigenvalue weighted by molar-refractivity contribution is 7.10. The highest BCUT2D eigenvalue weighted by Gasteiger charge is 2.43. The summed E-state index contributed by atoms with van der Waals surface area (Å²) in [6, 6.07) is 11.6. The number of benzene rings is 1. The van der Waals surface area contributed by atoms with Crippen LogP contribution in [0.5, 0.6) is 0 Å². The maximum absolute atomic E-state index is 12.0. The molecule has 0 saturated carbocycles. The first-order valence-electron chi connectivity index (χ1n) is 8.46. The van der Waals surface area contributed by atoms with E-state index in [0.717, 1.165) is 10.4 Å². The maximum atomic E-state index is 12.0. The highest BCUT2D eigenvalue weighted by Crippen LogP contribution is 2.44. The minimum atomic E-state index is -1.13. The van der Waals surface area contributed by atoms with E-state index < -0.39 is 16.8 Å². The van der Waals surface area contributed by atoms with Crippen LogP contribution in [0.1, 0.15) is 35.8 Å². The predicted molar refractivity (Wildman–Crippen MR) is 104 cm³/mol. The lowest BCUT2D eigenvalue weighted by Crippen LogP contribution is -2.32. The first kappa shape index (κ1) is 18.8. The first-order chi connectivity index (χ1) is 12.8. The zero-order valence-corrected chi connectivity index (χ0v) is 16.1. The minimum Gasteiger partial charge on any atom is -0.478 e. The zero-order valence-electron chi connectivity index (χ0n) is 15.3. The predicted octanol–water partition coefficient (Wildman–Crippen LogP) is 4.23. The van der Waals surface area contributed by atoms with Crippen LogP contribution >= 0.6 is 11.3 Å². The van der Waals surface area contributed by atoms with E-state index in [9.17, 15) is 20.0 Å². The van der Waals surface area contributed by atoms with Gasteiger partial charge in [-0.25, -0.2) is 4.79 Å². The second-order valence-corrected chi connectivity index (χ2v) is 7.49. The molecular weight excluding hydrogens is 364 g/mol. The molecule has 1 unspecified atom stereocenters. The van der Waals surface area contributed by atoms with Gasteiger partial charge in [-0.15, -0.1) is 11.3 Å². The summed E-state index contributed by atoms with van der Waals surface area (Å²) in [5.74, 6) is -2.02. The quantitative estimate of drug-likeness (QED) is 0.616. The summed E-state index contributed by atoms with van der Waals surface area (Å²) in [5, 5.41) is 23.6. The summed E-state index contributed by atoms with van der Waals surface area (Å²) in [4.78, 5) is 26.0. The van der Waals surface area contributed by atoms with Crippen LogP contribution < -0.4 is 0 Å². The molecule has 0 amide bonds. The van der Waals surface area contributed by atoms with Crippen LogP contribution in [0.4, 0.5) is 0 Å². The molecule has 6 nitrogen and oxygen atoms in total. The van der Waals surface area contributed by atoms with Crippen LogP contribution in [0, 0.1) is 10.1 Å². The van der Waals surface area contributed by atoms with E-state index in [1.54, 1.807) is 25.8 Å². The second-order valence-electron chi connectivity index (χ2n) is 6.49. The van der Waals surface area contributed by atoms with Gasteiger partial charge in [-0.05, 0) is 36.4 Å². The lowest BCUT2D eigenvalue weighted by Gasteiger charge is -2.31. The number of hydrogen-bond acceptors (Lipinski definition) is 5. The maximum Gasteiger partial charge on any atom is 0.334 e. The Kier molecular flexibility index (Phi) is 5.14. The largest absolute Gasteiger partial charge is 0.478 e. The number of allylic oxidation sites excluding steroid dienone is 3. The van der Waals surface area contributed by atoms with Crippen LogP contribution in [0.2, 0.25) is 0 Å². The Balaban J connectivity index is 2.17. The first-order valence-corrected chi connectivity index (χ1v) is 9.34. The number of thiophene rings is 1.